The minimum atomic E-state index is -1.38. The molecule has 3 unspecified atom stereocenters. The summed E-state index contributed by atoms with van der Waals surface area (Å²) in [5.74, 6) is 0.265. The zero-order chi connectivity index (χ0) is 31.4. The maximum atomic E-state index is 14.4. The maximum absolute atomic E-state index is 14.4. The number of aliphatic imine (C=N–C) groups is 1. The number of nitrogens with one attached hydrogen (secondary N) is 1. The number of aliphatic hydroxyl groups is 3. The van der Waals surface area contributed by atoms with Gasteiger partial charge in [-0.2, -0.15) is 0 Å². The fraction of sp³-hybridized carbons (Fsp3) is 0.867. The molecule has 0 radical (unpaired) electrons. The lowest BCUT2D eigenvalue weighted by atomic mass is 9.69. The van der Waals surface area contributed by atoms with Crippen LogP contribution in [0.4, 0.5) is 0 Å². The molecule has 14 nitrogen and oxygen atoms in total. The largest absolute Gasteiger partial charge is 0.470 e. The van der Waals surface area contributed by atoms with Crippen LogP contribution in [-0.4, -0.2) is 83.9 Å². The lowest BCUT2D eigenvalue weighted by Crippen LogP contribution is -2.55. The smallest absolute Gasteiger partial charge is 0.252 e. The van der Waals surface area contributed by atoms with E-state index >= 15 is 0 Å². The van der Waals surface area contributed by atoms with E-state index in [0.29, 0.717) is 50.4 Å². The van der Waals surface area contributed by atoms with E-state index in [1.54, 1.807) is 0 Å². The normalized spacial score (nSPS) is 31.2. The highest BCUT2D eigenvalue weighted by atomic mass is 16.5. The van der Waals surface area contributed by atoms with Gasteiger partial charge in [-0.15, -0.1) is 0 Å². The van der Waals surface area contributed by atoms with Gasteiger partial charge in [0.15, 0.2) is 17.5 Å². The summed E-state index contributed by atoms with van der Waals surface area (Å²) in [6.07, 6.45) is 9.07. The van der Waals surface area contributed by atoms with Crippen LogP contribution in [0.1, 0.15) is 89.9 Å². The summed E-state index contributed by atoms with van der Waals surface area (Å²) in [6.45, 7) is 0.327. The molecule has 2 saturated carbocycles. The van der Waals surface area contributed by atoms with E-state index in [4.69, 9.17) is 25.1 Å². The van der Waals surface area contributed by atoms with Gasteiger partial charge in [0.05, 0.1) is 18.8 Å². The van der Waals surface area contributed by atoms with Gasteiger partial charge in [-0.05, 0) is 92.7 Å². The molecular formula is C30H48N8O6. The molecule has 4 aliphatic rings. The number of hydrogen-bond donors (Lipinski definition) is 4. The van der Waals surface area contributed by atoms with Gasteiger partial charge in [0.2, 0.25) is 0 Å². The number of carbonyl (C=O) groups is 1. The Morgan fingerprint density at radius 2 is 1.82 bits per heavy atom. The third kappa shape index (κ3) is 8.44. The monoisotopic (exact) mass is 616 g/mol. The van der Waals surface area contributed by atoms with Gasteiger partial charge in [0, 0.05) is 47.7 Å². The van der Waals surface area contributed by atoms with Crippen molar-refractivity contribution < 1.29 is 29.6 Å². The van der Waals surface area contributed by atoms with E-state index in [9.17, 15) is 20.5 Å². The highest BCUT2D eigenvalue weighted by molar-refractivity contribution is 5.95. The molecule has 0 bridgehead atoms. The van der Waals surface area contributed by atoms with Crippen LogP contribution < -0.4 is 5.32 Å². The van der Waals surface area contributed by atoms with Crippen LogP contribution >= 0.6 is 0 Å². The summed E-state index contributed by atoms with van der Waals surface area (Å²) in [4.78, 5) is 25.7. The Hall–Kier alpha value is -2.86. The van der Waals surface area contributed by atoms with E-state index in [1.165, 1.54) is 0 Å². The van der Waals surface area contributed by atoms with E-state index in [2.05, 4.69) is 25.4 Å². The van der Waals surface area contributed by atoms with E-state index in [0.717, 1.165) is 69.8 Å². The minimum Gasteiger partial charge on any atom is -0.470 e. The molecule has 244 valence electrons. The Morgan fingerprint density at radius 3 is 2.52 bits per heavy atom. The first-order chi connectivity index (χ1) is 21.4. The van der Waals surface area contributed by atoms with E-state index in [-0.39, 0.29) is 37.0 Å². The molecular weight excluding hydrogens is 568 g/mol. The zero-order valence-corrected chi connectivity index (χ0v) is 25.6. The molecule has 3 aliphatic carbocycles. The van der Waals surface area contributed by atoms with Crippen molar-refractivity contribution in [2.75, 3.05) is 32.9 Å². The lowest BCUT2D eigenvalue weighted by molar-refractivity contribution is -0.130. The fourth-order valence-corrected chi connectivity index (χ4v) is 7.38. The average molecular weight is 617 g/mol. The van der Waals surface area contributed by atoms with Crippen LogP contribution in [0.25, 0.3) is 20.9 Å². The SMILES string of the molecule is [N-]=[N+]=NCC1CCCCC1C[C@@]1(C(=O)NCC(O)CO)N=C(C2CCC(OCCCO)CC2)O[C@@H]1C1=C(N=[N+]=[N-])CCCC1. The molecule has 0 saturated heterocycles. The van der Waals surface area contributed by atoms with Crippen molar-refractivity contribution in [3.8, 4) is 0 Å². The molecule has 2 fully saturated rings. The van der Waals surface area contributed by atoms with Crippen LogP contribution in [0, 0.1) is 17.8 Å². The Morgan fingerprint density at radius 1 is 1.07 bits per heavy atom. The summed E-state index contributed by atoms with van der Waals surface area (Å²) >= 11 is 0. The summed E-state index contributed by atoms with van der Waals surface area (Å²) < 4.78 is 12.7. The van der Waals surface area contributed by atoms with Gasteiger partial charge in [0.1, 0.15) is 0 Å². The number of rotatable bonds is 15. The Balaban J connectivity index is 1.72. The molecule has 14 heteroatoms. The first-order valence-electron chi connectivity index (χ1n) is 16.3. The summed E-state index contributed by atoms with van der Waals surface area (Å²) in [5, 5.41) is 39.4. The van der Waals surface area contributed by atoms with Crippen molar-refractivity contribution >= 4 is 11.8 Å². The average Bonchev–Trinajstić information content (AvgIpc) is 3.44. The Kier molecular flexibility index (Phi) is 13.1. The number of azide groups is 2. The quantitative estimate of drug-likeness (QED) is 0.0891. The Bertz CT molecular complexity index is 1130. The standard InChI is InChI=1S/C30H48N8O6/c31-37-34-17-22-7-2-1-6-21(22)16-30(29(42)33-18-23(41)19-40)27(25-8-3-4-9-26(25)36-38-32)44-28(35-30)20-10-12-24(13-11-20)43-15-5-14-39/h20-24,27,39-41H,1-19H2,(H,33,42)/t20?,21?,22?,23?,24?,27-,30-/m1/s1. The van der Waals surface area contributed by atoms with Gasteiger partial charge >= 0.3 is 0 Å². The number of hydrogen-bond acceptors (Lipinski definition) is 9. The molecule has 1 aliphatic heterocycles. The number of nitrogens with zero attached hydrogens (tertiary/aromatic N) is 7. The topological polar surface area (TPSA) is 218 Å². The fourth-order valence-electron chi connectivity index (χ4n) is 7.38. The van der Waals surface area contributed by atoms with Crippen LogP contribution in [0.5, 0.6) is 0 Å². The van der Waals surface area contributed by atoms with Crippen molar-refractivity contribution in [3.63, 3.8) is 0 Å². The third-order valence-electron chi connectivity index (χ3n) is 9.75. The summed E-state index contributed by atoms with van der Waals surface area (Å²) in [5.41, 5.74) is 18.5. The number of amides is 1. The maximum Gasteiger partial charge on any atom is 0.252 e. The molecule has 4 rings (SSSR count). The van der Waals surface area contributed by atoms with Crippen LogP contribution in [0.15, 0.2) is 26.5 Å². The van der Waals surface area contributed by atoms with Gasteiger partial charge < -0.3 is 30.1 Å². The van der Waals surface area contributed by atoms with E-state index < -0.39 is 30.3 Å². The van der Waals surface area contributed by atoms with E-state index in [1.807, 2.05) is 0 Å². The first-order valence-corrected chi connectivity index (χ1v) is 16.3. The summed E-state index contributed by atoms with van der Waals surface area (Å²) in [6, 6.07) is 0. The Labute approximate surface area is 258 Å². The lowest BCUT2D eigenvalue weighted by Gasteiger charge is -2.39. The van der Waals surface area contributed by atoms with Gasteiger partial charge in [-0.3, -0.25) is 4.79 Å². The second kappa shape index (κ2) is 17.0. The van der Waals surface area contributed by atoms with Crippen molar-refractivity contribution in [3.05, 3.63) is 32.2 Å². The predicted molar refractivity (Wildman–Crippen MR) is 163 cm³/mol. The zero-order valence-electron chi connectivity index (χ0n) is 25.6. The number of allylic oxidation sites excluding steroid dienone is 1. The number of aliphatic hydroxyl groups excluding tert-OH is 3. The van der Waals surface area contributed by atoms with Crippen LogP contribution in [-0.2, 0) is 14.3 Å². The van der Waals surface area contributed by atoms with Gasteiger partial charge in [-0.25, -0.2) is 4.99 Å². The van der Waals surface area contributed by atoms with Crippen molar-refractivity contribution in [1.82, 2.24) is 5.32 Å². The molecule has 0 aromatic heterocycles. The highest BCUT2D eigenvalue weighted by Gasteiger charge is 2.56. The highest BCUT2D eigenvalue weighted by Crippen LogP contribution is 2.47. The van der Waals surface area contributed by atoms with Crippen LogP contribution in [0.2, 0.25) is 0 Å². The molecule has 1 heterocycles. The molecule has 5 atom stereocenters. The third-order valence-corrected chi connectivity index (χ3v) is 9.75. The first kappa shape index (κ1) is 34.0. The van der Waals surface area contributed by atoms with Gasteiger partial charge in [0.25, 0.3) is 5.91 Å². The van der Waals surface area contributed by atoms with Crippen molar-refractivity contribution in [1.29, 1.82) is 0 Å². The molecule has 1 amide bonds. The molecule has 0 aromatic rings. The second-order valence-electron chi connectivity index (χ2n) is 12.6. The van der Waals surface area contributed by atoms with Crippen molar-refractivity contribution in [2.24, 2.45) is 33.0 Å². The number of carbonyl (C=O) groups excluding carboxylic acids is 1. The molecule has 0 spiro atoms. The minimum absolute atomic E-state index is 0.00894. The molecule has 44 heavy (non-hydrogen) atoms. The second-order valence-corrected chi connectivity index (χ2v) is 12.6. The summed E-state index contributed by atoms with van der Waals surface area (Å²) in [7, 11) is 0. The van der Waals surface area contributed by atoms with Gasteiger partial charge in [-0.1, -0.05) is 35.9 Å². The molecule has 4 N–H and O–H groups in total. The van der Waals surface area contributed by atoms with Crippen LogP contribution in [0.3, 0.4) is 0 Å². The molecule has 0 aromatic carbocycles. The predicted octanol–water partition coefficient (Wildman–Crippen LogP) is 4.59. The number of ether oxygens (including phenoxy) is 2. The van der Waals surface area contributed by atoms with Crippen molar-refractivity contribution in [2.45, 2.75) is 114 Å².